The van der Waals surface area contributed by atoms with Crippen molar-refractivity contribution < 1.29 is 4.42 Å². The Morgan fingerprint density at radius 1 is 1.11 bits per heavy atom. The molecule has 2 bridgehead atoms. The van der Waals surface area contributed by atoms with Crippen LogP contribution in [-0.4, -0.2) is 0 Å². The fraction of sp³-hybridized carbons (Fsp3) is 0.529. The molecular weight excluding hydrogens is 234 g/mol. The first kappa shape index (κ1) is 10.5. The summed E-state index contributed by atoms with van der Waals surface area (Å²) in [7, 11) is 0. The minimum Gasteiger partial charge on any atom is -0.459 e. The second-order valence-electron chi connectivity index (χ2n) is 6.78. The molecule has 3 saturated carbocycles. The number of hydrogen-bond donors (Lipinski definition) is 1. The second-order valence-corrected chi connectivity index (χ2v) is 6.78. The van der Waals surface area contributed by atoms with Crippen LogP contribution in [0.15, 0.2) is 34.7 Å². The van der Waals surface area contributed by atoms with E-state index in [1.807, 2.05) is 12.1 Å². The lowest BCUT2D eigenvalue weighted by Gasteiger charge is -2.13. The third-order valence-electron chi connectivity index (χ3n) is 5.98. The van der Waals surface area contributed by atoms with Gasteiger partial charge in [0.05, 0.1) is 6.04 Å². The van der Waals surface area contributed by atoms with Crippen LogP contribution in [0.4, 0.5) is 0 Å². The van der Waals surface area contributed by atoms with Crippen LogP contribution in [0.2, 0.25) is 0 Å². The zero-order chi connectivity index (χ0) is 12.6. The van der Waals surface area contributed by atoms with Gasteiger partial charge < -0.3 is 10.2 Å². The topological polar surface area (TPSA) is 39.2 Å². The van der Waals surface area contributed by atoms with Gasteiger partial charge in [0.25, 0.3) is 0 Å². The number of furan rings is 1. The van der Waals surface area contributed by atoms with Crippen LogP contribution in [0.3, 0.4) is 0 Å². The normalized spacial score (nSPS) is 40.6. The molecule has 2 heteroatoms. The SMILES string of the molecule is NC(c1cc2ccccc2o1)C1C2C3CCC(C3)C21. The number of nitrogens with two attached hydrogens (primary N) is 1. The lowest BCUT2D eigenvalue weighted by molar-refractivity contribution is 0.379. The van der Waals surface area contributed by atoms with Crippen molar-refractivity contribution >= 4 is 11.0 Å². The molecule has 0 aliphatic heterocycles. The van der Waals surface area contributed by atoms with Gasteiger partial charge in [0.2, 0.25) is 0 Å². The number of rotatable bonds is 2. The van der Waals surface area contributed by atoms with Crippen molar-refractivity contribution in [2.45, 2.75) is 25.3 Å². The summed E-state index contributed by atoms with van der Waals surface area (Å²) in [6, 6.07) is 10.5. The Labute approximate surface area is 113 Å². The molecule has 3 aliphatic carbocycles. The molecule has 5 unspecified atom stereocenters. The van der Waals surface area contributed by atoms with E-state index >= 15 is 0 Å². The minimum atomic E-state index is 0.116. The molecule has 2 aromatic rings. The van der Waals surface area contributed by atoms with Crippen LogP contribution in [0.1, 0.15) is 31.1 Å². The molecule has 19 heavy (non-hydrogen) atoms. The smallest absolute Gasteiger partial charge is 0.134 e. The van der Waals surface area contributed by atoms with Crippen molar-refractivity contribution in [2.75, 3.05) is 0 Å². The van der Waals surface area contributed by atoms with E-state index in [9.17, 15) is 0 Å². The summed E-state index contributed by atoms with van der Waals surface area (Å²) in [4.78, 5) is 0. The molecule has 1 aromatic carbocycles. The quantitative estimate of drug-likeness (QED) is 0.885. The van der Waals surface area contributed by atoms with Crippen molar-refractivity contribution in [3.63, 3.8) is 0 Å². The highest BCUT2D eigenvalue weighted by atomic mass is 16.3. The number of hydrogen-bond acceptors (Lipinski definition) is 2. The van der Waals surface area contributed by atoms with E-state index in [0.29, 0.717) is 5.92 Å². The van der Waals surface area contributed by atoms with Gasteiger partial charge in [0.1, 0.15) is 11.3 Å². The molecule has 0 amide bonds. The minimum absolute atomic E-state index is 0.116. The van der Waals surface area contributed by atoms with E-state index in [4.69, 9.17) is 10.2 Å². The predicted molar refractivity (Wildman–Crippen MR) is 74.4 cm³/mol. The molecule has 2 nitrogen and oxygen atoms in total. The molecule has 1 heterocycles. The molecule has 3 fully saturated rings. The summed E-state index contributed by atoms with van der Waals surface area (Å²) >= 11 is 0. The lowest BCUT2D eigenvalue weighted by atomic mass is 9.96. The molecule has 98 valence electrons. The van der Waals surface area contributed by atoms with E-state index in [2.05, 4.69) is 18.2 Å². The molecule has 0 spiro atoms. The van der Waals surface area contributed by atoms with Gasteiger partial charge in [-0.15, -0.1) is 0 Å². The van der Waals surface area contributed by atoms with Crippen molar-refractivity contribution in [2.24, 2.45) is 35.3 Å². The molecule has 3 aliphatic rings. The Kier molecular flexibility index (Phi) is 1.89. The van der Waals surface area contributed by atoms with Gasteiger partial charge in [-0.2, -0.15) is 0 Å². The Morgan fingerprint density at radius 3 is 2.58 bits per heavy atom. The summed E-state index contributed by atoms with van der Waals surface area (Å²) < 4.78 is 5.96. The van der Waals surface area contributed by atoms with Gasteiger partial charge in [-0.3, -0.25) is 0 Å². The Bertz CT molecular complexity index is 597. The van der Waals surface area contributed by atoms with Crippen molar-refractivity contribution in [1.82, 2.24) is 0 Å². The van der Waals surface area contributed by atoms with E-state index in [1.165, 1.54) is 24.6 Å². The Balaban J connectivity index is 1.47. The van der Waals surface area contributed by atoms with Gasteiger partial charge in [-0.25, -0.2) is 0 Å². The molecule has 2 N–H and O–H groups in total. The number of para-hydroxylation sites is 1. The number of fused-ring (bicyclic) bond motifs is 6. The molecule has 5 atom stereocenters. The fourth-order valence-electron chi connectivity index (χ4n) is 5.23. The van der Waals surface area contributed by atoms with Gasteiger partial charge in [-0.1, -0.05) is 18.2 Å². The molecule has 5 rings (SSSR count). The molecular formula is C17H19NO. The summed E-state index contributed by atoms with van der Waals surface area (Å²) in [5.74, 6) is 5.50. The summed E-state index contributed by atoms with van der Waals surface area (Å²) in [5, 5.41) is 1.18. The van der Waals surface area contributed by atoms with Crippen LogP contribution in [-0.2, 0) is 0 Å². The molecule has 0 saturated heterocycles. The molecule has 0 radical (unpaired) electrons. The van der Waals surface area contributed by atoms with E-state index in [1.54, 1.807) is 0 Å². The first-order valence-corrected chi connectivity index (χ1v) is 7.57. The van der Waals surface area contributed by atoms with Crippen LogP contribution in [0, 0.1) is 29.6 Å². The Hall–Kier alpha value is -1.28. The van der Waals surface area contributed by atoms with E-state index in [-0.39, 0.29) is 6.04 Å². The fourth-order valence-corrected chi connectivity index (χ4v) is 5.23. The average molecular weight is 253 g/mol. The maximum atomic E-state index is 6.51. The van der Waals surface area contributed by atoms with Crippen LogP contribution in [0.25, 0.3) is 11.0 Å². The van der Waals surface area contributed by atoms with Crippen LogP contribution < -0.4 is 5.73 Å². The first-order valence-electron chi connectivity index (χ1n) is 7.57. The lowest BCUT2D eigenvalue weighted by Crippen LogP contribution is -2.16. The standard InChI is InChI=1S/C17H19NO/c18-17(13-8-9-3-1-2-4-12(9)19-13)16-14-10-5-6-11(7-10)15(14)16/h1-4,8,10-11,14-17H,5-7,18H2. The highest BCUT2D eigenvalue weighted by Crippen LogP contribution is 2.71. The van der Waals surface area contributed by atoms with Gasteiger partial charge >= 0.3 is 0 Å². The Morgan fingerprint density at radius 2 is 1.84 bits per heavy atom. The summed E-state index contributed by atoms with van der Waals surface area (Å²) in [5.41, 5.74) is 7.49. The largest absolute Gasteiger partial charge is 0.459 e. The van der Waals surface area contributed by atoms with Crippen LogP contribution >= 0.6 is 0 Å². The predicted octanol–water partition coefficient (Wildman–Crippen LogP) is 3.72. The number of benzene rings is 1. The third-order valence-corrected chi connectivity index (χ3v) is 5.98. The highest BCUT2D eigenvalue weighted by Gasteiger charge is 2.66. The van der Waals surface area contributed by atoms with Crippen molar-refractivity contribution in [3.05, 3.63) is 36.1 Å². The monoisotopic (exact) mass is 253 g/mol. The summed E-state index contributed by atoms with van der Waals surface area (Å²) in [6.45, 7) is 0. The highest BCUT2D eigenvalue weighted by molar-refractivity contribution is 5.77. The molecule has 1 aromatic heterocycles. The average Bonchev–Trinajstić information content (AvgIpc) is 2.83. The third kappa shape index (κ3) is 1.30. The van der Waals surface area contributed by atoms with E-state index in [0.717, 1.165) is 35.0 Å². The second kappa shape index (κ2) is 3.43. The first-order chi connectivity index (χ1) is 9.33. The van der Waals surface area contributed by atoms with Gasteiger partial charge in [-0.05, 0) is 61.0 Å². The van der Waals surface area contributed by atoms with Gasteiger partial charge in [0.15, 0.2) is 0 Å². The van der Waals surface area contributed by atoms with E-state index < -0.39 is 0 Å². The zero-order valence-electron chi connectivity index (χ0n) is 11.0. The van der Waals surface area contributed by atoms with Gasteiger partial charge in [0, 0.05) is 5.39 Å². The van der Waals surface area contributed by atoms with Crippen molar-refractivity contribution in [1.29, 1.82) is 0 Å². The van der Waals surface area contributed by atoms with Crippen LogP contribution in [0.5, 0.6) is 0 Å². The maximum absolute atomic E-state index is 6.51. The maximum Gasteiger partial charge on any atom is 0.134 e. The summed E-state index contributed by atoms with van der Waals surface area (Å²) in [6.07, 6.45) is 4.39. The van der Waals surface area contributed by atoms with Crippen molar-refractivity contribution in [3.8, 4) is 0 Å². The zero-order valence-corrected chi connectivity index (χ0v) is 11.0.